The van der Waals surface area contributed by atoms with Crippen LogP contribution in [0.1, 0.15) is 44.9 Å². The van der Waals surface area contributed by atoms with Crippen LogP contribution in [0.3, 0.4) is 0 Å². The Bertz CT molecular complexity index is 1010. The number of ether oxygens (including phenoxy) is 2. The third-order valence-electron chi connectivity index (χ3n) is 5.06. The van der Waals surface area contributed by atoms with E-state index in [1.54, 1.807) is 42.2 Å². The van der Waals surface area contributed by atoms with E-state index in [9.17, 15) is 9.59 Å². The summed E-state index contributed by atoms with van der Waals surface area (Å²) in [5.74, 6) is -1.12. The SMILES string of the molecule is CCOC(=O)C(N)[C@@H]1O[C@@H](c2ccccc2Cl)c2cc(Cl)ccc2N(CC(C)(C)C)C1=O. The molecule has 0 aromatic heterocycles. The monoisotopic (exact) mass is 478 g/mol. The van der Waals surface area contributed by atoms with Crippen molar-refractivity contribution in [2.75, 3.05) is 18.1 Å². The molecule has 0 saturated carbocycles. The molecule has 0 bridgehead atoms. The molecule has 1 aliphatic heterocycles. The maximum Gasteiger partial charge on any atom is 0.326 e. The van der Waals surface area contributed by atoms with Crippen LogP contribution in [0.25, 0.3) is 0 Å². The van der Waals surface area contributed by atoms with Crippen LogP contribution < -0.4 is 10.6 Å². The second-order valence-electron chi connectivity index (χ2n) is 8.92. The summed E-state index contributed by atoms with van der Waals surface area (Å²) < 4.78 is 11.4. The topological polar surface area (TPSA) is 81.9 Å². The molecule has 1 heterocycles. The average Bonchev–Trinajstić information content (AvgIpc) is 2.82. The van der Waals surface area contributed by atoms with Gasteiger partial charge >= 0.3 is 5.97 Å². The lowest BCUT2D eigenvalue weighted by atomic mass is 9.94. The van der Waals surface area contributed by atoms with Gasteiger partial charge in [-0.3, -0.25) is 9.59 Å². The van der Waals surface area contributed by atoms with E-state index in [1.165, 1.54) is 0 Å². The fraction of sp³-hybridized carbons (Fsp3) is 0.417. The van der Waals surface area contributed by atoms with E-state index in [1.807, 2.05) is 32.9 Å². The predicted octanol–water partition coefficient (Wildman–Crippen LogP) is 4.75. The number of esters is 1. The highest BCUT2D eigenvalue weighted by Gasteiger charge is 2.43. The maximum atomic E-state index is 13.7. The first-order valence-electron chi connectivity index (χ1n) is 10.5. The summed E-state index contributed by atoms with van der Waals surface area (Å²) in [7, 11) is 0. The molecule has 0 spiro atoms. The van der Waals surface area contributed by atoms with Gasteiger partial charge in [-0.15, -0.1) is 0 Å². The van der Waals surface area contributed by atoms with E-state index < -0.39 is 30.1 Å². The fourth-order valence-corrected chi connectivity index (χ4v) is 4.11. The van der Waals surface area contributed by atoms with E-state index in [0.717, 1.165) is 0 Å². The van der Waals surface area contributed by atoms with E-state index in [2.05, 4.69) is 0 Å². The number of carbonyl (C=O) groups is 2. The van der Waals surface area contributed by atoms with Crippen molar-refractivity contribution in [3.63, 3.8) is 0 Å². The molecule has 2 aromatic rings. The van der Waals surface area contributed by atoms with E-state index >= 15 is 0 Å². The minimum absolute atomic E-state index is 0.142. The molecule has 0 saturated heterocycles. The second-order valence-corrected chi connectivity index (χ2v) is 9.77. The van der Waals surface area contributed by atoms with Gasteiger partial charge in [-0.1, -0.05) is 62.2 Å². The Labute approximate surface area is 198 Å². The molecule has 2 aromatic carbocycles. The van der Waals surface area contributed by atoms with Crippen molar-refractivity contribution in [2.24, 2.45) is 11.1 Å². The Morgan fingerprint density at radius 3 is 2.50 bits per heavy atom. The molecule has 0 fully saturated rings. The number of nitrogens with two attached hydrogens (primary N) is 1. The summed E-state index contributed by atoms with van der Waals surface area (Å²) in [6.45, 7) is 8.26. The fourth-order valence-electron chi connectivity index (χ4n) is 3.70. The lowest BCUT2D eigenvalue weighted by Crippen LogP contribution is -2.54. The van der Waals surface area contributed by atoms with Gasteiger partial charge < -0.3 is 20.1 Å². The molecule has 172 valence electrons. The number of rotatable bonds is 5. The molecule has 32 heavy (non-hydrogen) atoms. The van der Waals surface area contributed by atoms with Crippen LogP contribution in [0, 0.1) is 5.41 Å². The number of nitrogens with zero attached hydrogens (tertiary/aromatic N) is 1. The third-order valence-corrected chi connectivity index (χ3v) is 5.64. The minimum atomic E-state index is -1.31. The average molecular weight is 479 g/mol. The number of amides is 1. The summed E-state index contributed by atoms with van der Waals surface area (Å²) in [4.78, 5) is 27.8. The summed E-state index contributed by atoms with van der Waals surface area (Å²) in [5, 5.41) is 0.948. The molecule has 3 rings (SSSR count). The van der Waals surface area contributed by atoms with Gasteiger partial charge in [-0.05, 0) is 36.6 Å². The lowest BCUT2D eigenvalue weighted by molar-refractivity contribution is -0.154. The Kier molecular flexibility index (Phi) is 7.50. The Balaban J connectivity index is 2.22. The molecule has 8 heteroatoms. The van der Waals surface area contributed by atoms with Crippen LogP contribution in [0.2, 0.25) is 10.0 Å². The van der Waals surface area contributed by atoms with Gasteiger partial charge in [0.25, 0.3) is 5.91 Å². The zero-order valence-electron chi connectivity index (χ0n) is 18.6. The molecule has 0 radical (unpaired) electrons. The Morgan fingerprint density at radius 1 is 1.19 bits per heavy atom. The van der Waals surface area contributed by atoms with Crippen LogP contribution in [0.5, 0.6) is 0 Å². The first kappa shape index (κ1) is 24.5. The van der Waals surface area contributed by atoms with Crippen molar-refractivity contribution in [3.05, 3.63) is 63.6 Å². The van der Waals surface area contributed by atoms with Gasteiger partial charge in [0.2, 0.25) is 0 Å². The third kappa shape index (κ3) is 5.26. The molecule has 0 aliphatic carbocycles. The first-order valence-corrected chi connectivity index (χ1v) is 11.2. The quantitative estimate of drug-likeness (QED) is 0.626. The maximum absolute atomic E-state index is 13.7. The molecule has 6 nitrogen and oxygen atoms in total. The number of anilines is 1. The molecule has 3 atom stereocenters. The van der Waals surface area contributed by atoms with Gasteiger partial charge in [0.15, 0.2) is 6.10 Å². The highest BCUT2D eigenvalue weighted by atomic mass is 35.5. The standard InChI is InChI=1S/C24H28Cl2N2O4/c1-5-31-23(30)19(27)21-22(29)28(13-24(2,3)4)18-11-10-14(25)12-16(18)20(32-21)15-8-6-7-9-17(15)26/h6-12,19-21H,5,13,27H2,1-4H3/t19?,20-,21-/m0/s1. The number of benzene rings is 2. The number of hydrogen-bond acceptors (Lipinski definition) is 5. The number of halogens is 2. The highest BCUT2D eigenvalue weighted by molar-refractivity contribution is 6.31. The molecule has 1 unspecified atom stereocenters. The number of hydrogen-bond donors (Lipinski definition) is 1. The van der Waals surface area contributed by atoms with Crippen LogP contribution in [-0.2, 0) is 19.1 Å². The molecular formula is C24H28Cl2N2O4. The van der Waals surface area contributed by atoms with Crippen molar-refractivity contribution >= 4 is 40.8 Å². The highest BCUT2D eigenvalue weighted by Crippen LogP contribution is 2.42. The van der Waals surface area contributed by atoms with Gasteiger partial charge in [-0.25, -0.2) is 0 Å². The summed E-state index contributed by atoms with van der Waals surface area (Å²) in [6.07, 6.45) is -2.04. The van der Waals surface area contributed by atoms with Gasteiger partial charge in [-0.2, -0.15) is 0 Å². The van der Waals surface area contributed by atoms with E-state index in [-0.39, 0.29) is 12.0 Å². The largest absolute Gasteiger partial charge is 0.465 e. The molecular weight excluding hydrogens is 451 g/mol. The Hall–Kier alpha value is -2.12. The smallest absolute Gasteiger partial charge is 0.326 e. The van der Waals surface area contributed by atoms with Gasteiger partial charge in [0.05, 0.1) is 6.61 Å². The first-order chi connectivity index (χ1) is 15.0. The molecule has 1 amide bonds. The van der Waals surface area contributed by atoms with Crippen LogP contribution in [0.4, 0.5) is 5.69 Å². The lowest BCUT2D eigenvalue weighted by Gasteiger charge is -2.32. The summed E-state index contributed by atoms with van der Waals surface area (Å²) >= 11 is 12.8. The normalized spacial score (nSPS) is 19.8. The van der Waals surface area contributed by atoms with Crippen molar-refractivity contribution in [1.29, 1.82) is 0 Å². The van der Waals surface area contributed by atoms with E-state index in [0.29, 0.717) is 33.4 Å². The van der Waals surface area contributed by atoms with Crippen molar-refractivity contribution in [1.82, 2.24) is 0 Å². The van der Waals surface area contributed by atoms with Crippen LogP contribution in [-0.4, -0.2) is 37.2 Å². The predicted molar refractivity (Wildman–Crippen MR) is 126 cm³/mol. The van der Waals surface area contributed by atoms with Gasteiger partial charge in [0.1, 0.15) is 12.1 Å². The summed E-state index contributed by atoms with van der Waals surface area (Å²) in [5.41, 5.74) is 7.91. The minimum Gasteiger partial charge on any atom is -0.465 e. The number of carbonyl (C=O) groups excluding carboxylic acids is 2. The second kappa shape index (κ2) is 9.79. The zero-order chi connectivity index (χ0) is 23.6. The Morgan fingerprint density at radius 2 is 1.88 bits per heavy atom. The summed E-state index contributed by atoms with van der Waals surface area (Å²) in [6, 6.07) is 11.1. The van der Waals surface area contributed by atoms with Crippen LogP contribution in [0.15, 0.2) is 42.5 Å². The van der Waals surface area contributed by atoms with Gasteiger partial charge in [0, 0.05) is 33.4 Å². The molecule has 1 aliphatic rings. The van der Waals surface area contributed by atoms with Crippen molar-refractivity contribution < 1.29 is 19.1 Å². The van der Waals surface area contributed by atoms with Crippen molar-refractivity contribution in [3.8, 4) is 0 Å². The van der Waals surface area contributed by atoms with Crippen LogP contribution >= 0.6 is 23.2 Å². The zero-order valence-corrected chi connectivity index (χ0v) is 20.1. The van der Waals surface area contributed by atoms with E-state index in [4.69, 9.17) is 38.4 Å². The van der Waals surface area contributed by atoms with Crippen molar-refractivity contribution in [2.45, 2.75) is 45.9 Å². The molecule has 2 N–H and O–H groups in total. The number of fused-ring (bicyclic) bond motifs is 1.